The monoisotopic (exact) mass is 687 g/mol. The molecule has 0 bridgehead atoms. The van der Waals surface area contributed by atoms with Gasteiger partial charge < -0.3 is 29.4 Å². The van der Waals surface area contributed by atoms with Gasteiger partial charge in [-0.05, 0) is 51.4 Å². The van der Waals surface area contributed by atoms with Crippen LogP contribution in [0.5, 0.6) is 0 Å². The van der Waals surface area contributed by atoms with Crippen LogP contribution in [-0.2, 0) is 0 Å². The zero-order chi connectivity index (χ0) is 35.3. The Labute approximate surface area is 301 Å². The average Bonchev–Trinajstić information content (AvgIpc) is 3.08. The molecule has 0 unspecified atom stereocenters. The van der Waals surface area contributed by atoms with Crippen molar-refractivity contribution in [3.63, 3.8) is 0 Å². The Kier molecular flexibility index (Phi) is 36.4. The van der Waals surface area contributed by atoms with Gasteiger partial charge in [0.25, 0.3) is 0 Å². The van der Waals surface area contributed by atoms with Gasteiger partial charge in [-0.25, -0.2) is 0 Å². The minimum Gasteiger partial charge on any atom is -0.391 e. The Hall–Kier alpha value is -0.240. The van der Waals surface area contributed by atoms with E-state index in [2.05, 4.69) is 13.8 Å². The Morgan fingerprint density at radius 2 is 0.396 bits per heavy atom. The lowest BCUT2D eigenvalue weighted by Gasteiger charge is -2.39. The number of quaternary nitrogens is 2. The predicted octanol–water partition coefficient (Wildman–Crippen LogP) is 9.55. The van der Waals surface area contributed by atoms with Gasteiger partial charge in [0, 0.05) is 0 Å². The highest BCUT2D eigenvalue weighted by Crippen LogP contribution is 2.19. The maximum absolute atomic E-state index is 9.90. The van der Waals surface area contributed by atoms with Crippen molar-refractivity contribution in [1.82, 2.24) is 0 Å². The normalized spacial score (nSPS) is 12.4. The van der Waals surface area contributed by atoms with E-state index in [0.29, 0.717) is 0 Å². The van der Waals surface area contributed by atoms with Crippen molar-refractivity contribution in [3.05, 3.63) is 0 Å². The summed E-state index contributed by atoms with van der Waals surface area (Å²) < 4.78 is 1.72. The molecular weight excluding hydrogens is 596 g/mol. The van der Waals surface area contributed by atoms with Crippen LogP contribution in [0.3, 0.4) is 0 Å². The Morgan fingerprint density at radius 1 is 0.229 bits per heavy atom. The van der Waals surface area contributed by atoms with Gasteiger partial charge in [0.15, 0.2) is 0 Å². The molecule has 4 N–H and O–H groups in total. The van der Waals surface area contributed by atoms with Crippen LogP contribution in [0.25, 0.3) is 0 Å². The molecule has 0 amide bonds. The Morgan fingerprint density at radius 3 is 0.562 bits per heavy atom. The van der Waals surface area contributed by atoms with Crippen LogP contribution >= 0.6 is 0 Å². The largest absolute Gasteiger partial charge is 0.391 e. The molecule has 0 fully saturated rings. The van der Waals surface area contributed by atoms with Crippen molar-refractivity contribution in [2.45, 2.75) is 194 Å². The fourth-order valence-corrected chi connectivity index (χ4v) is 8.01. The summed E-state index contributed by atoms with van der Waals surface area (Å²) >= 11 is 0. The Balaban J connectivity index is 4.36. The van der Waals surface area contributed by atoms with E-state index in [0.717, 1.165) is 74.2 Å². The summed E-state index contributed by atoms with van der Waals surface area (Å²) in [5.41, 5.74) is 0. The second-order valence-corrected chi connectivity index (χ2v) is 15.6. The lowest BCUT2D eigenvalue weighted by molar-refractivity contribution is -0.929. The van der Waals surface area contributed by atoms with E-state index in [1.54, 1.807) is 0 Å². The summed E-state index contributed by atoms with van der Waals surface area (Å²) in [4.78, 5) is 0. The van der Waals surface area contributed by atoms with Crippen LogP contribution in [0.1, 0.15) is 194 Å². The lowest BCUT2D eigenvalue weighted by atomic mass is 10.0. The lowest BCUT2D eigenvalue weighted by Crippen LogP contribution is -2.53. The number of hydrogen-bond donors (Lipinski definition) is 4. The predicted molar refractivity (Wildman–Crippen MR) is 208 cm³/mol. The fourth-order valence-electron chi connectivity index (χ4n) is 8.01. The summed E-state index contributed by atoms with van der Waals surface area (Å²) in [7, 11) is 0. The minimum atomic E-state index is 0.194. The van der Waals surface area contributed by atoms with E-state index in [1.165, 1.54) is 167 Å². The first-order valence-electron chi connectivity index (χ1n) is 21.7. The van der Waals surface area contributed by atoms with Gasteiger partial charge in [0.05, 0.1) is 52.6 Å². The highest BCUT2D eigenvalue weighted by Gasteiger charge is 2.27. The van der Waals surface area contributed by atoms with Crippen molar-refractivity contribution < 1.29 is 29.4 Å². The second kappa shape index (κ2) is 36.5. The molecule has 0 aliphatic rings. The van der Waals surface area contributed by atoms with Crippen molar-refractivity contribution >= 4 is 0 Å². The maximum atomic E-state index is 9.90. The molecule has 290 valence electrons. The summed E-state index contributed by atoms with van der Waals surface area (Å²) in [6, 6.07) is 0. The third-order valence-corrected chi connectivity index (χ3v) is 11.3. The number of aliphatic hydroxyl groups is 4. The number of hydrogen-bond acceptors (Lipinski definition) is 4. The van der Waals surface area contributed by atoms with Gasteiger partial charge in [0.2, 0.25) is 0 Å². The van der Waals surface area contributed by atoms with E-state index in [4.69, 9.17) is 0 Å². The van der Waals surface area contributed by atoms with E-state index in [1.807, 2.05) is 0 Å². The van der Waals surface area contributed by atoms with Crippen molar-refractivity contribution in [3.8, 4) is 0 Å². The molecule has 0 aromatic rings. The van der Waals surface area contributed by atoms with Crippen LogP contribution in [0.15, 0.2) is 0 Å². The first kappa shape index (κ1) is 47.8. The van der Waals surface area contributed by atoms with Crippen LogP contribution < -0.4 is 0 Å². The molecule has 0 spiro atoms. The van der Waals surface area contributed by atoms with Gasteiger partial charge >= 0.3 is 0 Å². The molecule has 0 atom stereocenters. The summed E-state index contributed by atoms with van der Waals surface area (Å²) in [6.07, 6.45) is 37.1. The molecule has 6 heteroatoms. The standard InChI is InChI=1S/C42H90N2O4/c1-3-5-7-9-11-13-15-17-19-21-23-27-31-43(35-39-45,36-40-46)33-29-25-26-30-34-44(37-41-47,38-42-48)32-28-24-22-20-18-16-14-12-10-8-6-4-2/h45-48H,3-42H2,1-2H3/q+2. The SMILES string of the molecule is CCCCCCCCCCCCCC[N+](CCO)(CCO)CCCCCC[N+](CCO)(CCO)CCCCCCCCCCCCCC. The molecule has 0 aromatic carbocycles. The average molecular weight is 687 g/mol. The number of nitrogens with zero attached hydrogens (tertiary/aromatic N) is 2. The molecule has 0 rings (SSSR count). The van der Waals surface area contributed by atoms with Gasteiger partial charge in [-0.15, -0.1) is 0 Å². The van der Waals surface area contributed by atoms with E-state index in [9.17, 15) is 20.4 Å². The summed E-state index contributed by atoms with van der Waals surface area (Å²) in [6.45, 7) is 12.6. The Bertz CT molecular complexity index is 556. The van der Waals surface area contributed by atoms with Crippen molar-refractivity contribution in [2.75, 3.05) is 78.8 Å². The number of unbranched alkanes of at least 4 members (excludes halogenated alkanes) is 25. The zero-order valence-electron chi connectivity index (χ0n) is 33.0. The number of aliphatic hydroxyl groups excluding tert-OH is 4. The molecule has 48 heavy (non-hydrogen) atoms. The molecule has 0 aliphatic carbocycles. The van der Waals surface area contributed by atoms with E-state index in [-0.39, 0.29) is 26.4 Å². The highest BCUT2D eigenvalue weighted by molar-refractivity contribution is 4.55. The first-order chi connectivity index (χ1) is 23.6. The van der Waals surface area contributed by atoms with Crippen LogP contribution in [0.4, 0.5) is 0 Å². The molecule has 0 aliphatic heterocycles. The maximum Gasteiger partial charge on any atom is 0.102 e. The molecular formula is C42H90N2O4+2. The highest BCUT2D eigenvalue weighted by atomic mass is 16.3. The van der Waals surface area contributed by atoms with Gasteiger partial charge in [-0.2, -0.15) is 0 Å². The molecule has 0 heterocycles. The summed E-state index contributed by atoms with van der Waals surface area (Å²) in [5, 5.41) is 39.6. The topological polar surface area (TPSA) is 80.9 Å². The molecule has 0 radical (unpaired) electrons. The van der Waals surface area contributed by atoms with Crippen molar-refractivity contribution in [2.24, 2.45) is 0 Å². The molecule has 0 saturated carbocycles. The quantitative estimate of drug-likeness (QED) is 0.0382. The van der Waals surface area contributed by atoms with E-state index >= 15 is 0 Å². The summed E-state index contributed by atoms with van der Waals surface area (Å²) in [5.74, 6) is 0. The van der Waals surface area contributed by atoms with Gasteiger partial charge in [-0.1, -0.05) is 142 Å². The van der Waals surface area contributed by atoms with Gasteiger partial charge in [-0.3, -0.25) is 0 Å². The first-order valence-corrected chi connectivity index (χ1v) is 21.7. The van der Waals surface area contributed by atoms with E-state index < -0.39 is 0 Å². The smallest absolute Gasteiger partial charge is 0.102 e. The van der Waals surface area contributed by atoms with Crippen molar-refractivity contribution in [1.29, 1.82) is 0 Å². The van der Waals surface area contributed by atoms with Crippen LogP contribution in [0.2, 0.25) is 0 Å². The molecule has 6 nitrogen and oxygen atoms in total. The van der Waals surface area contributed by atoms with Crippen LogP contribution in [-0.4, -0.2) is 108 Å². The third-order valence-electron chi connectivity index (χ3n) is 11.3. The van der Waals surface area contributed by atoms with Crippen LogP contribution in [0, 0.1) is 0 Å². The number of rotatable bonds is 41. The molecule has 0 saturated heterocycles. The van der Waals surface area contributed by atoms with Gasteiger partial charge in [0.1, 0.15) is 26.2 Å². The molecule has 0 aromatic heterocycles. The second-order valence-electron chi connectivity index (χ2n) is 15.6. The zero-order valence-corrected chi connectivity index (χ0v) is 33.0. The minimum absolute atomic E-state index is 0.194. The third kappa shape index (κ3) is 28.5. The fraction of sp³-hybridized carbons (Fsp3) is 1.00.